The predicted molar refractivity (Wildman–Crippen MR) is 84.1 cm³/mol. The van der Waals surface area contributed by atoms with E-state index in [-0.39, 0.29) is 11.7 Å². The van der Waals surface area contributed by atoms with Crippen molar-refractivity contribution in [3.63, 3.8) is 0 Å². The second kappa shape index (κ2) is 6.36. The molecule has 1 aliphatic rings. The quantitative estimate of drug-likeness (QED) is 0.934. The van der Waals surface area contributed by atoms with Gasteiger partial charge in [0.05, 0.1) is 7.11 Å². The Hall–Kier alpha value is -2.08. The number of rotatable bonds is 4. The Labute approximate surface area is 129 Å². The first-order valence-corrected chi connectivity index (χ1v) is 7.65. The number of benzene rings is 1. The normalized spacial score (nSPS) is 16.8. The summed E-state index contributed by atoms with van der Waals surface area (Å²) in [6.07, 6.45) is 3.56. The molecule has 0 spiro atoms. The van der Waals surface area contributed by atoms with Crippen LogP contribution in [0.4, 0.5) is 0 Å². The van der Waals surface area contributed by atoms with Gasteiger partial charge in [0.25, 0.3) is 0 Å². The smallest absolute Gasteiger partial charge is 0.343 e. The maximum Gasteiger partial charge on any atom is 0.343 e. The minimum absolute atomic E-state index is 0.109. The minimum atomic E-state index is -0.109. The third-order valence-electron chi connectivity index (χ3n) is 4.54. The molecule has 1 aromatic carbocycles. The van der Waals surface area contributed by atoms with Gasteiger partial charge >= 0.3 is 5.69 Å². The Balaban J connectivity index is 1.63. The molecular formula is C16H22N4O2. The van der Waals surface area contributed by atoms with Crippen LogP contribution < -0.4 is 10.4 Å². The lowest BCUT2D eigenvalue weighted by atomic mass is 10.0. The van der Waals surface area contributed by atoms with Crippen LogP contribution in [0, 0.1) is 6.92 Å². The van der Waals surface area contributed by atoms with Gasteiger partial charge in [0, 0.05) is 25.7 Å². The summed E-state index contributed by atoms with van der Waals surface area (Å²) in [5.74, 6) is 0.942. The zero-order chi connectivity index (χ0) is 15.5. The average molecular weight is 302 g/mol. The van der Waals surface area contributed by atoms with E-state index >= 15 is 0 Å². The molecule has 22 heavy (non-hydrogen) atoms. The molecule has 0 saturated carbocycles. The fraction of sp³-hybridized carbons (Fsp3) is 0.500. The lowest BCUT2D eigenvalue weighted by Crippen LogP contribution is -2.36. The number of hydrogen-bond donors (Lipinski definition) is 1. The zero-order valence-electron chi connectivity index (χ0n) is 13.1. The largest absolute Gasteiger partial charge is 0.496 e. The maximum atomic E-state index is 11.6. The van der Waals surface area contributed by atoms with Gasteiger partial charge in [0.15, 0.2) is 0 Å². The van der Waals surface area contributed by atoms with Gasteiger partial charge in [0.2, 0.25) is 0 Å². The molecule has 2 heterocycles. The monoisotopic (exact) mass is 302 g/mol. The second-order valence-electron chi connectivity index (χ2n) is 5.82. The van der Waals surface area contributed by atoms with Crippen molar-refractivity contribution in [3.8, 4) is 5.75 Å². The number of aromatic nitrogens is 3. The first-order chi connectivity index (χ1) is 10.7. The van der Waals surface area contributed by atoms with Crippen LogP contribution in [0.5, 0.6) is 5.75 Å². The Morgan fingerprint density at radius 1 is 1.36 bits per heavy atom. The van der Waals surface area contributed by atoms with Crippen molar-refractivity contribution in [3.05, 3.63) is 46.1 Å². The summed E-state index contributed by atoms with van der Waals surface area (Å²) in [6.45, 7) is 5.00. The molecule has 6 nitrogen and oxygen atoms in total. The van der Waals surface area contributed by atoms with E-state index in [2.05, 4.69) is 28.1 Å². The van der Waals surface area contributed by atoms with Crippen molar-refractivity contribution in [2.45, 2.75) is 32.4 Å². The molecule has 0 radical (unpaired) electrons. The van der Waals surface area contributed by atoms with Crippen LogP contribution >= 0.6 is 0 Å². The molecule has 3 rings (SSSR count). The van der Waals surface area contributed by atoms with Crippen molar-refractivity contribution in [2.75, 3.05) is 20.2 Å². The number of hydrogen-bond acceptors (Lipinski definition) is 4. The molecule has 1 aromatic heterocycles. The van der Waals surface area contributed by atoms with E-state index in [0.717, 1.165) is 38.2 Å². The van der Waals surface area contributed by atoms with E-state index in [1.807, 2.05) is 12.1 Å². The van der Waals surface area contributed by atoms with Crippen LogP contribution in [0.3, 0.4) is 0 Å². The standard InChI is InChI=1S/C16H22N4O2/c1-12-13(4-3-5-15(12)22-2)10-19-8-6-14(7-9-19)20-11-17-18-16(20)21/h3-5,11,14H,6-10H2,1-2H3,(H,18,21). The molecule has 1 saturated heterocycles. The van der Waals surface area contributed by atoms with Crippen LogP contribution in [-0.2, 0) is 6.54 Å². The van der Waals surface area contributed by atoms with Gasteiger partial charge in [-0.3, -0.25) is 9.47 Å². The lowest BCUT2D eigenvalue weighted by molar-refractivity contribution is 0.177. The number of aromatic amines is 1. The number of methoxy groups -OCH3 is 1. The number of ether oxygens (including phenoxy) is 1. The summed E-state index contributed by atoms with van der Waals surface area (Å²) < 4.78 is 7.10. The number of piperidine rings is 1. The van der Waals surface area contributed by atoms with Gasteiger partial charge in [-0.25, -0.2) is 9.89 Å². The Bertz CT molecular complexity index is 683. The summed E-state index contributed by atoms with van der Waals surface area (Å²) in [5, 5.41) is 6.28. The Morgan fingerprint density at radius 3 is 2.77 bits per heavy atom. The molecule has 0 bridgehead atoms. The number of nitrogens with zero attached hydrogens (tertiary/aromatic N) is 3. The maximum absolute atomic E-state index is 11.6. The summed E-state index contributed by atoms with van der Waals surface area (Å²) in [7, 11) is 1.71. The third kappa shape index (κ3) is 2.92. The van der Waals surface area contributed by atoms with E-state index in [1.54, 1.807) is 18.0 Å². The van der Waals surface area contributed by atoms with Gasteiger partial charge in [-0.05, 0) is 37.0 Å². The third-order valence-corrected chi connectivity index (χ3v) is 4.54. The van der Waals surface area contributed by atoms with Crippen molar-refractivity contribution < 1.29 is 4.74 Å². The lowest BCUT2D eigenvalue weighted by Gasteiger charge is -2.32. The van der Waals surface area contributed by atoms with E-state index in [9.17, 15) is 4.79 Å². The topological polar surface area (TPSA) is 63.1 Å². The zero-order valence-corrected chi connectivity index (χ0v) is 13.1. The fourth-order valence-electron chi connectivity index (χ4n) is 3.17. The van der Waals surface area contributed by atoms with E-state index in [1.165, 1.54) is 11.1 Å². The van der Waals surface area contributed by atoms with E-state index < -0.39 is 0 Å². The molecule has 1 fully saturated rings. The summed E-state index contributed by atoms with van der Waals surface area (Å²) >= 11 is 0. The highest BCUT2D eigenvalue weighted by molar-refractivity contribution is 5.39. The summed E-state index contributed by atoms with van der Waals surface area (Å²) in [6, 6.07) is 6.45. The molecule has 2 aromatic rings. The summed E-state index contributed by atoms with van der Waals surface area (Å²) in [4.78, 5) is 14.1. The first kappa shape index (κ1) is 14.8. The Kier molecular flexibility index (Phi) is 4.29. The van der Waals surface area contributed by atoms with Gasteiger partial charge in [-0.1, -0.05) is 12.1 Å². The highest BCUT2D eigenvalue weighted by Crippen LogP contribution is 2.25. The fourth-order valence-corrected chi connectivity index (χ4v) is 3.17. The van der Waals surface area contributed by atoms with E-state index in [0.29, 0.717) is 0 Å². The van der Waals surface area contributed by atoms with Gasteiger partial charge in [-0.15, -0.1) is 0 Å². The van der Waals surface area contributed by atoms with Crippen LogP contribution in [0.15, 0.2) is 29.3 Å². The van der Waals surface area contributed by atoms with Crippen LogP contribution in [0.2, 0.25) is 0 Å². The van der Waals surface area contributed by atoms with Crippen LogP contribution in [0.1, 0.15) is 30.0 Å². The van der Waals surface area contributed by atoms with Crippen molar-refractivity contribution >= 4 is 0 Å². The summed E-state index contributed by atoms with van der Waals surface area (Å²) in [5.41, 5.74) is 2.40. The predicted octanol–water partition coefficient (Wildman–Crippen LogP) is 1.73. The van der Waals surface area contributed by atoms with Crippen LogP contribution in [0.25, 0.3) is 0 Å². The molecule has 1 aliphatic heterocycles. The average Bonchev–Trinajstić information content (AvgIpc) is 2.96. The molecule has 6 heteroatoms. The van der Waals surface area contributed by atoms with Gasteiger partial charge in [0.1, 0.15) is 12.1 Å². The molecule has 1 N–H and O–H groups in total. The van der Waals surface area contributed by atoms with Crippen molar-refractivity contribution in [1.29, 1.82) is 0 Å². The van der Waals surface area contributed by atoms with E-state index in [4.69, 9.17) is 4.74 Å². The highest BCUT2D eigenvalue weighted by atomic mass is 16.5. The van der Waals surface area contributed by atoms with Crippen LogP contribution in [-0.4, -0.2) is 39.9 Å². The molecule has 0 unspecified atom stereocenters. The SMILES string of the molecule is COc1cccc(CN2CCC(n3cn[nH]c3=O)CC2)c1C. The minimum Gasteiger partial charge on any atom is -0.496 e. The molecule has 0 aliphatic carbocycles. The highest BCUT2D eigenvalue weighted by Gasteiger charge is 2.22. The van der Waals surface area contributed by atoms with Gasteiger partial charge < -0.3 is 4.74 Å². The van der Waals surface area contributed by atoms with Crippen molar-refractivity contribution in [2.24, 2.45) is 0 Å². The number of nitrogens with one attached hydrogen (secondary N) is 1. The number of likely N-dealkylation sites (tertiary alicyclic amines) is 1. The number of H-pyrrole nitrogens is 1. The Morgan fingerprint density at radius 2 is 2.14 bits per heavy atom. The molecular weight excluding hydrogens is 280 g/mol. The van der Waals surface area contributed by atoms with Crippen molar-refractivity contribution in [1.82, 2.24) is 19.7 Å². The first-order valence-electron chi connectivity index (χ1n) is 7.65. The molecule has 0 amide bonds. The molecule has 118 valence electrons. The second-order valence-corrected chi connectivity index (χ2v) is 5.82. The molecule has 0 atom stereocenters. The van der Waals surface area contributed by atoms with Gasteiger partial charge in [-0.2, -0.15) is 5.10 Å².